The Balaban J connectivity index is 1.68. The molecule has 1 fully saturated rings. The highest BCUT2D eigenvalue weighted by molar-refractivity contribution is 6.29. The lowest BCUT2D eigenvalue weighted by molar-refractivity contribution is 0.652. The quantitative estimate of drug-likeness (QED) is 0.799. The molecule has 21 heavy (non-hydrogen) atoms. The molecule has 1 aliphatic heterocycles. The Bertz CT molecular complexity index is 623. The molecular weight excluding hydrogens is 290 g/mol. The summed E-state index contributed by atoms with van der Waals surface area (Å²) < 4.78 is 0. The first-order chi connectivity index (χ1) is 10.1. The monoisotopic (exact) mass is 305 g/mol. The smallest absolute Gasteiger partial charge is 0.222 e. The second-order valence-corrected chi connectivity index (χ2v) is 5.20. The van der Waals surface area contributed by atoms with E-state index in [1.165, 1.54) is 0 Å². The zero-order valence-electron chi connectivity index (χ0n) is 11.4. The fraction of sp³-hybridized carbons (Fsp3) is 0.308. The highest BCUT2D eigenvalue weighted by Gasteiger charge is 2.20. The van der Waals surface area contributed by atoms with Crippen molar-refractivity contribution < 1.29 is 0 Å². The Morgan fingerprint density at radius 1 is 0.952 bits per heavy atom. The van der Waals surface area contributed by atoms with Gasteiger partial charge in [0, 0.05) is 26.2 Å². The van der Waals surface area contributed by atoms with Crippen molar-refractivity contribution in [2.75, 3.05) is 47.4 Å². The number of hydrogen-bond donors (Lipinski definition) is 2. The minimum absolute atomic E-state index is 0.196. The highest BCUT2D eigenvalue weighted by Crippen LogP contribution is 2.24. The molecule has 8 heteroatoms. The number of nitrogens with two attached hydrogens (primary N) is 2. The van der Waals surface area contributed by atoms with Gasteiger partial charge in [-0.2, -0.15) is 4.98 Å². The number of aromatic nitrogens is 3. The number of piperazine rings is 1. The van der Waals surface area contributed by atoms with Crippen LogP contribution >= 0.6 is 11.6 Å². The summed E-state index contributed by atoms with van der Waals surface area (Å²) in [6.07, 6.45) is 3.47. The third kappa shape index (κ3) is 2.92. The average molecular weight is 306 g/mol. The number of pyridine rings is 1. The molecule has 4 N–H and O–H groups in total. The van der Waals surface area contributed by atoms with Gasteiger partial charge in [0.1, 0.15) is 5.15 Å². The summed E-state index contributed by atoms with van der Waals surface area (Å²) in [6, 6.07) is 3.78. The van der Waals surface area contributed by atoms with Gasteiger partial charge in [-0.05, 0) is 12.1 Å². The molecule has 110 valence electrons. The molecule has 1 aliphatic rings. The normalized spacial score (nSPS) is 15.3. The molecule has 0 unspecified atom stereocenters. The molecule has 0 bridgehead atoms. The van der Waals surface area contributed by atoms with Crippen molar-refractivity contribution in [1.82, 2.24) is 15.0 Å². The first kappa shape index (κ1) is 13.7. The first-order valence-corrected chi connectivity index (χ1v) is 7.01. The third-order valence-electron chi connectivity index (χ3n) is 3.51. The van der Waals surface area contributed by atoms with Gasteiger partial charge in [0.25, 0.3) is 0 Å². The fourth-order valence-electron chi connectivity index (χ4n) is 2.41. The summed E-state index contributed by atoms with van der Waals surface area (Å²) in [5.74, 6) is 0.617. The Morgan fingerprint density at radius 3 is 2.29 bits per heavy atom. The van der Waals surface area contributed by atoms with Crippen LogP contribution in [0, 0.1) is 0 Å². The maximum Gasteiger partial charge on any atom is 0.222 e. The minimum atomic E-state index is 0.196. The molecule has 7 nitrogen and oxygen atoms in total. The topological polar surface area (TPSA) is 97.2 Å². The van der Waals surface area contributed by atoms with E-state index in [4.69, 9.17) is 23.1 Å². The Hall–Kier alpha value is -2.28. The van der Waals surface area contributed by atoms with Crippen LogP contribution in [-0.4, -0.2) is 41.1 Å². The second kappa shape index (κ2) is 5.61. The molecule has 0 spiro atoms. The molecule has 0 saturated carbocycles. The standard InChI is InChI=1S/C13H16ClN7/c14-11-2-1-9(7-17-11)20-3-5-21(6-4-20)10-8-18-13(16)19-12(10)15/h1-2,7-8H,3-6H2,(H4,15,16,18,19). The van der Waals surface area contributed by atoms with Gasteiger partial charge in [-0.3, -0.25) is 0 Å². The number of nitrogen functional groups attached to an aromatic ring is 2. The van der Waals surface area contributed by atoms with E-state index in [1.54, 1.807) is 18.5 Å². The summed E-state index contributed by atoms with van der Waals surface area (Å²) in [5, 5.41) is 0.504. The van der Waals surface area contributed by atoms with Crippen LogP contribution in [0.4, 0.5) is 23.1 Å². The molecule has 3 heterocycles. The maximum atomic E-state index is 5.90. The van der Waals surface area contributed by atoms with Crippen molar-refractivity contribution in [3.63, 3.8) is 0 Å². The van der Waals surface area contributed by atoms with Gasteiger partial charge < -0.3 is 21.3 Å². The molecule has 0 atom stereocenters. The second-order valence-electron chi connectivity index (χ2n) is 4.81. The van der Waals surface area contributed by atoms with Crippen LogP contribution in [0.1, 0.15) is 0 Å². The number of rotatable bonds is 2. The number of hydrogen-bond acceptors (Lipinski definition) is 7. The largest absolute Gasteiger partial charge is 0.382 e. The first-order valence-electron chi connectivity index (χ1n) is 6.63. The molecule has 0 amide bonds. The summed E-state index contributed by atoms with van der Waals surface area (Å²) >= 11 is 5.81. The minimum Gasteiger partial charge on any atom is -0.382 e. The van der Waals surface area contributed by atoms with E-state index in [0.29, 0.717) is 11.0 Å². The van der Waals surface area contributed by atoms with E-state index < -0.39 is 0 Å². The van der Waals surface area contributed by atoms with E-state index in [0.717, 1.165) is 37.6 Å². The Morgan fingerprint density at radius 2 is 1.67 bits per heavy atom. The molecule has 2 aromatic rings. The van der Waals surface area contributed by atoms with Gasteiger partial charge in [0.2, 0.25) is 5.95 Å². The van der Waals surface area contributed by atoms with Crippen molar-refractivity contribution in [3.05, 3.63) is 29.7 Å². The molecule has 0 radical (unpaired) electrons. The van der Waals surface area contributed by atoms with E-state index in [1.807, 2.05) is 6.07 Å². The number of halogens is 1. The molecule has 2 aromatic heterocycles. The van der Waals surface area contributed by atoms with E-state index in [2.05, 4.69) is 24.8 Å². The van der Waals surface area contributed by atoms with E-state index in [-0.39, 0.29) is 5.95 Å². The van der Waals surface area contributed by atoms with Crippen molar-refractivity contribution in [2.45, 2.75) is 0 Å². The van der Waals surface area contributed by atoms with Crippen molar-refractivity contribution in [1.29, 1.82) is 0 Å². The maximum absolute atomic E-state index is 5.90. The predicted octanol–water partition coefficient (Wildman–Crippen LogP) is 1.02. The third-order valence-corrected chi connectivity index (χ3v) is 3.74. The van der Waals surface area contributed by atoms with Gasteiger partial charge >= 0.3 is 0 Å². The summed E-state index contributed by atoms with van der Waals surface area (Å²) in [5.41, 5.74) is 13.3. The van der Waals surface area contributed by atoms with Crippen LogP contribution in [0.15, 0.2) is 24.5 Å². The summed E-state index contributed by atoms with van der Waals surface area (Å²) in [4.78, 5) is 16.5. The van der Waals surface area contributed by atoms with Crippen LogP contribution in [0.5, 0.6) is 0 Å². The van der Waals surface area contributed by atoms with Crippen LogP contribution < -0.4 is 21.3 Å². The molecule has 3 rings (SSSR count). The molecule has 0 aromatic carbocycles. The lowest BCUT2D eigenvalue weighted by atomic mass is 10.2. The van der Waals surface area contributed by atoms with Crippen molar-refractivity contribution in [3.8, 4) is 0 Å². The van der Waals surface area contributed by atoms with E-state index in [9.17, 15) is 0 Å². The molecule has 0 aliphatic carbocycles. The van der Waals surface area contributed by atoms with Crippen LogP contribution in [-0.2, 0) is 0 Å². The highest BCUT2D eigenvalue weighted by atomic mass is 35.5. The zero-order chi connectivity index (χ0) is 14.8. The van der Waals surface area contributed by atoms with Crippen LogP contribution in [0.2, 0.25) is 5.15 Å². The SMILES string of the molecule is Nc1ncc(N2CCN(c3ccc(Cl)nc3)CC2)c(N)n1. The average Bonchev–Trinajstić information content (AvgIpc) is 2.48. The van der Waals surface area contributed by atoms with Crippen LogP contribution in [0.3, 0.4) is 0 Å². The summed E-state index contributed by atoms with van der Waals surface area (Å²) in [6.45, 7) is 3.40. The van der Waals surface area contributed by atoms with Crippen molar-refractivity contribution in [2.24, 2.45) is 0 Å². The fourth-order valence-corrected chi connectivity index (χ4v) is 2.52. The van der Waals surface area contributed by atoms with Gasteiger partial charge in [0.15, 0.2) is 5.82 Å². The predicted molar refractivity (Wildman–Crippen MR) is 84.5 cm³/mol. The lowest BCUT2D eigenvalue weighted by Crippen LogP contribution is -2.46. The summed E-state index contributed by atoms with van der Waals surface area (Å²) in [7, 11) is 0. The van der Waals surface area contributed by atoms with Crippen molar-refractivity contribution >= 4 is 34.7 Å². The molecular formula is C13H16ClN7. The van der Waals surface area contributed by atoms with Gasteiger partial charge in [0.05, 0.1) is 23.8 Å². The van der Waals surface area contributed by atoms with E-state index >= 15 is 0 Å². The Kier molecular flexibility index (Phi) is 3.66. The zero-order valence-corrected chi connectivity index (χ0v) is 12.2. The van der Waals surface area contributed by atoms with Gasteiger partial charge in [-0.25, -0.2) is 9.97 Å². The lowest BCUT2D eigenvalue weighted by Gasteiger charge is -2.37. The Labute approximate surface area is 127 Å². The van der Waals surface area contributed by atoms with Crippen LogP contribution in [0.25, 0.3) is 0 Å². The molecule has 1 saturated heterocycles. The number of nitrogens with zero attached hydrogens (tertiary/aromatic N) is 5. The number of anilines is 4. The van der Waals surface area contributed by atoms with Gasteiger partial charge in [-0.1, -0.05) is 11.6 Å². The van der Waals surface area contributed by atoms with Gasteiger partial charge in [-0.15, -0.1) is 0 Å².